The van der Waals surface area contributed by atoms with Crippen molar-refractivity contribution in [3.05, 3.63) is 99.8 Å². The summed E-state index contributed by atoms with van der Waals surface area (Å²) < 4.78 is 59.7. The molecule has 0 radical (unpaired) electrons. The predicted octanol–water partition coefficient (Wildman–Crippen LogP) is 7.49. The van der Waals surface area contributed by atoms with E-state index in [1.807, 2.05) is 54.6 Å². The third-order valence-electron chi connectivity index (χ3n) is 6.58. The maximum atomic E-state index is 14.4. The Hall–Kier alpha value is -3.20. The molecule has 0 unspecified atom stereocenters. The standard InChI is InChI=1S/C28H24BrF4NO3/c29-20-12-9-18(10-13-20)21-7-4-8-22(25(21)27(36)37-16-17-5-2-1-3-6-17)26(35)34-24-14-11-19(15-23(24)30)28(31,32)33/h1-3,5-6,9-15,21-22,25H,4,7-8,16H2,(H,34,35)/t21-,22-,25-/m1/s1. The Morgan fingerprint density at radius 2 is 1.68 bits per heavy atom. The van der Waals surface area contributed by atoms with Crippen molar-refractivity contribution >= 4 is 33.5 Å². The van der Waals surface area contributed by atoms with Gasteiger partial charge in [-0.2, -0.15) is 13.2 Å². The lowest BCUT2D eigenvalue weighted by Crippen LogP contribution is -2.41. The predicted molar refractivity (Wildman–Crippen MR) is 134 cm³/mol. The van der Waals surface area contributed by atoms with Gasteiger partial charge in [-0.05, 0) is 60.2 Å². The minimum atomic E-state index is -4.71. The normalized spacial score (nSPS) is 19.8. The SMILES string of the molecule is O=C(OCc1ccccc1)[C@@H]1[C@@H](c2ccc(Br)cc2)CCC[C@H]1C(=O)Nc1ccc(C(F)(F)F)cc1F. The number of hydrogen-bond acceptors (Lipinski definition) is 3. The summed E-state index contributed by atoms with van der Waals surface area (Å²) in [6, 6.07) is 18.5. The molecule has 0 aliphatic heterocycles. The quantitative estimate of drug-likeness (QED) is 0.244. The molecule has 1 saturated carbocycles. The minimum absolute atomic E-state index is 0.0328. The number of halogens is 5. The highest BCUT2D eigenvalue weighted by molar-refractivity contribution is 9.10. The van der Waals surface area contributed by atoms with Crippen LogP contribution in [0.15, 0.2) is 77.3 Å². The van der Waals surface area contributed by atoms with Crippen LogP contribution in [-0.4, -0.2) is 11.9 Å². The van der Waals surface area contributed by atoms with Crippen LogP contribution in [0.5, 0.6) is 0 Å². The van der Waals surface area contributed by atoms with Gasteiger partial charge >= 0.3 is 12.1 Å². The fraction of sp³-hybridized carbons (Fsp3) is 0.286. The summed E-state index contributed by atoms with van der Waals surface area (Å²) in [7, 11) is 0. The molecule has 1 aliphatic rings. The molecule has 3 aromatic rings. The van der Waals surface area contributed by atoms with Crippen molar-refractivity contribution in [3.8, 4) is 0 Å². The first-order valence-corrected chi connectivity index (χ1v) is 12.6. The van der Waals surface area contributed by atoms with Crippen molar-refractivity contribution in [2.75, 3.05) is 5.32 Å². The number of hydrogen-bond donors (Lipinski definition) is 1. The average Bonchev–Trinajstić information content (AvgIpc) is 2.88. The summed E-state index contributed by atoms with van der Waals surface area (Å²) in [5, 5.41) is 2.40. The zero-order valence-corrected chi connectivity index (χ0v) is 21.2. The Morgan fingerprint density at radius 1 is 0.973 bits per heavy atom. The van der Waals surface area contributed by atoms with Gasteiger partial charge in [-0.15, -0.1) is 0 Å². The van der Waals surface area contributed by atoms with E-state index in [4.69, 9.17) is 4.74 Å². The molecule has 37 heavy (non-hydrogen) atoms. The number of rotatable bonds is 6. The van der Waals surface area contributed by atoms with Gasteiger partial charge in [0.05, 0.1) is 23.1 Å². The van der Waals surface area contributed by atoms with Gasteiger partial charge in [-0.25, -0.2) is 4.39 Å². The van der Waals surface area contributed by atoms with Crippen molar-refractivity contribution in [1.29, 1.82) is 0 Å². The average molecular weight is 578 g/mol. The second kappa shape index (κ2) is 11.5. The van der Waals surface area contributed by atoms with Gasteiger partial charge in [0.15, 0.2) is 0 Å². The maximum Gasteiger partial charge on any atom is 0.416 e. The molecule has 3 aromatic carbocycles. The van der Waals surface area contributed by atoms with Crippen LogP contribution < -0.4 is 5.32 Å². The molecule has 0 bridgehead atoms. The molecule has 1 N–H and O–H groups in total. The van der Waals surface area contributed by atoms with Crippen LogP contribution in [0.4, 0.5) is 23.2 Å². The first kappa shape index (κ1) is 26.9. The highest BCUT2D eigenvalue weighted by Crippen LogP contribution is 2.43. The van der Waals surface area contributed by atoms with Gasteiger partial charge in [0.2, 0.25) is 5.91 Å². The van der Waals surface area contributed by atoms with Crippen LogP contribution in [0.1, 0.15) is 41.9 Å². The van der Waals surface area contributed by atoms with Crippen LogP contribution in [0.25, 0.3) is 0 Å². The van der Waals surface area contributed by atoms with Gasteiger partial charge in [0, 0.05) is 4.47 Å². The minimum Gasteiger partial charge on any atom is -0.461 e. The summed E-state index contributed by atoms with van der Waals surface area (Å²) in [5.41, 5.74) is 0.126. The second-order valence-corrected chi connectivity index (χ2v) is 9.91. The van der Waals surface area contributed by atoms with Crippen LogP contribution in [0, 0.1) is 17.7 Å². The number of amides is 1. The lowest BCUT2D eigenvalue weighted by molar-refractivity contribution is -0.156. The third-order valence-corrected chi connectivity index (χ3v) is 7.11. The van der Waals surface area contributed by atoms with E-state index in [9.17, 15) is 27.2 Å². The largest absolute Gasteiger partial charge is 0.461 e. The van der Waals surface area contributed by atoms with Crippen LogP contribution in [0.3, 0.4) is 0 Å². The number of ether oxygens (including phenoxy) is 1. The maximum absolute atomic E-state index is 14.4. The molecule has 4 rings (SSSR count). The summed E-state index contributed by atoms with van der Waals surface area (Å²) in [5.74, 6) is -4.42. The summed E-state index contributed by atoms with van der Waals surface area (Å²) in [4.78, 5) is 26.7. The number of alkyl halides is 3. The highest BCUT2D eigenvalue weighted by atomic mass is 79.9. The smallest absolute Gasteiger partial charge is 0.416 e. The van der Waals surface area contributed by atoms with Gasteiger partial charge in [-0.1, -0.05) is 64.8 Å². The first-order chi connectivity index (χ1) is 17.6. The number of carbonyl (C=O) groups excluding carboxylic acids is 2. The summed E-state index contributed by atoms with van der Waals surface area (Å²) >= 11 is 3.40. The van der Waals surface area contributed by atoms with E-state index in [2.05, 4.69) is 21.2 Å². The molecule has 0 aromatic heterocycles. The number of anilines is 1. The highest BCUT2D eigenvalue weighted by Gasteiger charge is 2.44. The first-order valence-electron chi connectivity index (χ1n) is 11.8. The fourth-order valence-corrected chi connectivity index (χ4v) is 5.01. The van der Waals surface area contributed by atoms with Gasteiger partial charge in [0.25, 0.3) is 0 Å². The molecular formula is C28H24BrF4NO3. The van der Waals surface area contributed by atoms with Gasteiger partial charge in [0.1, 0.15) is 12.4 Å². The summed E-state index contributed by atoms with van der Waals surface area (Å²) in [6.45, 7) is 0.0328. The van der Waals surface area contributed by atoms with E-state index in [0.717, 1.165) is 21.7 Å². The lowest BCUT2D eigenvalue weighted by Gasteiger charge is -2.36. The molecule has 0 heterocycles. The van der Waals surface area contributed by atoms with Crippen molar-refractivity contribution < 1.29 is 31.9 Å². The van der Waals surface area contributed by atoms with E-state index in [0.29, 0.717) is 31.4 Å². The van der Waals surface area contributed by atoms with Crippen molar-refractivity contribution in [3.63, 3.8) is 0 Å². The topological polar surface area (TPSA) is 55.4 Å². The van der Waals surface area contributed by atoms with Crippen molar-refractivity contribution in [1.82, 2.24) is 0 Å². The van der Waals surface area contributed by atoms with E-state index in [1.54, 1.807) is 0 Å². The Morgan fingerprint density at radius 3 is 2.32 bits per heavy atom. The monoisotopic (exact) mass is 577 g/mol. The molecule has 0 saturated heterocycles. The lowest BCUT2D eigenvalue weighted by atomic mass is 9.69. The van der Waals surface area contributed by atoms with Crippen molar-refractivity contribution in [2.45, 2.75) is 38.0 Å². The van der Waals surface area contributed by atoms with E-state index in [-0.39, 0.29) is 18.2 Å². The number of esters is 1. The van der Waals surface area contributed by atoms with Gasteiger partial charge < -0.3 is 10.1 Å². The molecule has 1 amide bonds. The van der Waals surface area contributed by atoms with E-state index >= 15 is 0 Å². The zero-order chi connectivity index (χ0) is 26.6. The zero-order valence-electron chi connectivity index (χ0n) is 19.6. The third kappa shape index (κ3) is 6.57. The molecule has 9 heteroatoms. The number of nitrogens with one attached hydrogen (secondary N) is 1. The molecule has 1 aliphatic carbocycles. The van der Waals surface area contributed by atoms with Crippen LogP contribution >= 0.6 is 15.9 Å². The van der Waals surface area contributed by atoms with E-state index in [1.165, 1.54) is 0 Å². The Labute approximate surface area is 220 Å². The van der Waals surface area contributed by atoms with E-state index < -0.39 is 41.3 Å². The Balaban J connectivity index is 1.59. The Bertz CT molecular complexity index is 1250. The molecular weight excluding hydrogens is 554 g/mol. The second-order valence-electron chi connectivity index (χ2n) is 9.00. The molecule has 3 atom stereocenters. The number of carbonyl (C=O) groups is 2. The molecule has 4 nitrogen and oxygen atoms in total. The molecule has 1 fully saturated rings. The molecule has 0 spiro atoms. The fourth-order valence-electron chi connectivity index (χ4n) is 4.75. The van der Waals surface area contributed by atoms with Crippen LogP contribution in [-0.2, 0) is 27.1 Å². The number of benzene rings is 3. The summed E-state index contributed by atoms with van der Waals surface area (Å²) in [6.07, 6.45) is -3.08. The Kier molecular flexibility index (Phi) is 8.32. The van der Waals surface area contributed by atoms with Gasteiger partial charge in [-0.3, -0.25) is 9.59 Å². The van der Waals surface area contributed by atoms with Crippen LogP contribution in [0.2, 0.25) is 0 Å². The molecule has 194 valence electrons. The van der Waals surface area contributed by atoms with Crippen molar-refractivity contribution in [2.24, 2.45) is 11.8 Å².